The van der Waals surface area contributed by atoms with E-state index < -0.39 is 17.3 Å². The first kappa shape index (κ1) is 17.5. The molecule has 23 heavy (non-hydrogen) atoms. The lowest BCUT2D eigenvalue weighted by molar-refractivity contribution is -0.136. The van der Waals surface area contributed by atoms with Crippen molar-refractivity contribution in [3.8, 4) is 0 Å². The van der Waals surface area contributed by atoms with Crippen LogP contribution in [0.2, 0.25) is 5.02 Å². The van der Waals surface area contributed by atoms with Gasteiger partial charge in [-0.25, -0.2) is 4.79 Å². The largest absolute Gasteiger partial charge is 0.480 e. The maximum absolute atomic E-state index is 11.8. The van der Waals surface area contributed by atoms with Crippen LogP contribution in [0.15, 0.2) is 28.6 Å². The van der Waals surface area contributed by atoms with Crippen molar-refractivity contribution in [2.75, 3.05) is 10.6 Å². The first-order valence-corrected chi connectivity index (χ1v) is 8.62. The lowest BCUT2D eigenvalue weighted by atomic mass is 10.3. The van der Waals surface area contributed by atoms with Crippen molar-refractivity contribution >= 4 is 57.5 Å². The van der Waals surface area contributed by atoms with E-state index in [1.54, 1.807) is 31.2 Å². The summed E-state index contributed by atoms with van der Waals surface area (Å²) in [4.78, 5) is 22.8. The first-order valence-electron chi connectivity index (χ1n) is 6.54. The van der Waals surface area contributed by atoms with Crippen molar-refractivity contribution in [1.82, 2.24) is 10.2 Å². The number of carboxylic acid groups (broad SMARTS) is 1. The van der Waals surface area contributed by atoms with Crippen LogP contribution >= 0.6 is 34.7 Å². The van der Waals surface area contributed by atoms with Gasteiger partial charge in [0.2, 0.25) is 5.13 Å². The molecule has 0 bridgehead atoms. The number of amides is 2. The lowest BCUT2D eigenvalue weighted by Crippen LogP contribution is -2.19. The second-order valence-corrected chi connectivity index (χ2v) is 7.18. The van der Waals surface area contributed by atoms with Crippen molar-refractivity contribution in [2.24, 2.45) is 0 Å². The molecule has 0 radical (unpaired) electrons. The van der Waals surface area contributed by atoms with E-state index in [-0.39, 0.29) is 0 Å². The molecular formula is C13H13ClN4O3S2. The van der Waals surface area contributed by atoms with Gasteiger partial charge >= 0.3 is 12.0 Å². The predicted molar refractivity (Wildman–Crippen MR) is 91.6 cm³/mol. The molecule has 2 amide bonds. The molecule has 1 heterocycles. The molecule has 0 aliphatic rings. The molecular weight excluding hydrogens is 360 g/mol. The van der Waals surface area contributed by atoms with Gasteiger partial charge in [-0.1, -0.05) is 41.6 Å². The SMILES string of the molecule is CC[C@H](Sc1nnc(NC(=O)Nc2ccc(Cl)cc2)s1)C(=O)O. The second-order valence-electron chi connectivity index (χ2n) is 4.31. The molecule has 1 aromatic carbocycles. The van der Waals surface area contributed by atoms with Gasteiger partial charge in [0.15, 0.2) is 4.34 Å². The zero-order valence-corrected chi connectivity index (χ0v) is 14.3. The molecule has 7 nitrogen and oxygen atoms in total. The van der Waals surface area contributed by atoms with Crippen LogP contribution in [-0.2, 0) is 4.79 Å². The number of carbonyl (C=O) groups excluding carboxylic acids is 1. The Morgan fingerprint density at radius 1 is 1.30 bits per heavy atom. The van der Waals surface area contributed by atoms with Crippen molar-refractivity contribution in [3.63, 3.8) is 0 Å². The Hall–Kier alpha value is -1.84. The monoisotopic (exact) mass is 372 g/mol. The number of hydrogen-bond acceptors (Lipinski definition) is 6. The first-order chi connectivity index (χ1) is 11.0. The van der Waals surface area contributed by atoms with E-state index in [0.717, 1.165) is 23.1 Å². The van der Waals surface area contributed by atoms with E-state index in [2.05, 4.69) is 20.8 Å². The van der Waals surface area contributed by atoms with Gasteiger partial charge in [0.1, 0.15) is 5.25 Å². The third-order valence-electron chi connectivity index (χ3n) is 2.62. The Balaban J connectivity index is 1.91. The van der Waals surface area contributed by atoms with Gasteiger partial charge < -0.3 is 10.4 Å². The number of halogens is 1. The predicted octanol–water partition coefficient (Wildman–Crippen LogP) is 3.79. The summed E-state index contributed by atoms with van der Waals surface area (Å²) in [5.74, 6) is -0.900. The van der Waals surface area contributed by atoms with Crippen LogP contribution in [0.3, 0.4) is 0 Å². The molecule has 0 unspecified atom stereocenters. The van der Waals surface area contributed by atoms with Gasteiger partial charge in [-0.05, 0) is 30.7 Å². The third kappa shape index (κ3) is 5.38. The van der Waals surface area contributed by atoms with Crippen LogP contribution < -0.4 is 10.6 Å². The Labute approximate surface area is 145 Å². The number of rotatable bonds is 6. The topological polar surface area (TPSA) is 104 Å². The highest BCUT2D eigenvalue weighted by Gasteiger charge is 2.19. The maximum atomic E-state index is 11.8. The number of nitrogens with one attached hydrogen (secondary N) is 2. The zero-order valence-electron chi connectivity index (χ0n) is 11.9. The minimum atomic E-state index is -0.900. The van der Waals surface area contributed by atoms with Gasteiger partial charge in [-0.3, -0.25) is 10.1 Å². The van der Waals surface area contributed by atoms with Crippen LogP contribution in [0.4, 0.5) is 15.6 Å². The number of benzene rings is 1. The summed E-state index contributed by atoms with van der Waals surface area (Å²) in [6.45, 7) is 1.78. The summed E-state index contributed by atoms with van der Waals surface area (Å²) >= 11 is 8.00. The minimum absolute atomic E-state index is 0.291. The third-order valence-corrected chi connectivity index (χ3v) is 5.15. The lowest BCUT2D eigenvalue weighted by Gasteiger charge is -2.05. The molecule has 0 fully saturated rings. The number of carbonyl (C=O) groups is 2. The fourth-order valence-corrected chi connectivity index (χ4v) is 3.51. The molecule has 2 aromatic rings. The fraction of sp³-hybridized carbons (Fsp3) is 0.231. The smallest absolute Gasteiger partial charge is 0.325 e. The number of hydrogen-bond donors (Lipinski definition) is 3. The van der Waals surface area contributed by atoms with E-state index in [0.29, 0.717) is 26.6 Å². The van der Waals surface area contributed by atoms with Crippen LogP contribution in [0, 0.1) is 0 Å². The summed E-state index contributed by atoms with van der Waals surface area (Å²) in [6, 6.07) is 6.19. The van der Waals surface area contributed by atoms with Crippen LogP contribution in [0.25, 0.3) is 0 Å². The quantitative estimate of drug-likeness (QED) is 0.526. The number of aromatic nitrogens is 2. The number of thioether (sulfide) groups is 1. The number of aliphatic carboxylic acids is 1. The van der Waals surface area contributed by atoms with Crippen LogP contribution in [0.5, 0.6) is 0 Å². The van der Waals surface area contributed by atoms with Crippen molar-refractivity contribution in [3.05, 3.63) is 29.3 Å². The van der Waals surface area contributed by atoms with E-state index >= 15 is 0 Å². The van der Waals surface area contributed by atoms with Gasteiger partial charge in [-0.2, -0.15) is 0 Å². The number of carboxylic acids is 1. The van der Waals surface area contributed by atoms with Crippen molar-refractivity contribution in [2.45, 2.75) is 22.9 Å². The standard InChI is InChI=1S/C13H13ClN4O3S2/c1-2-9(10(19)20)22-13-18-17-12(23-13)16-11(21)15-8-5-3-7(14)4-6-8/h3-6,9H,2H2,1H3,(H,19,20)(H2,15,16,17,21)/t9-/m0/s1. The number of anilines is 2. The average Bonchev–Trinajstić information content (AvgIpc) is 2.94. The summed E-state index contributed by atoms with van der Waals surface area (Å²) in [5.41, 5.74) is 0.586. The van der Waals surface area contributed by atoms with Gasteiger partial charge in [-0.15, -0.1) is 10.2 Å². The van der Waals surface area contributed by atoms with Crippen LogP contribution in [-0.4, -0.2) is 32.6 Å². The average molecular weight is 373 g/mol. The van der Waals surface area contributed by atoms with Crippen molar-refractivity contribution < 1.29 is 14.7 Å². The fourth-order valence-electron chi connectivity index (χ4n) is 1.53. The Morgan fingerprint density at radius 3 is 2.61 bits per heavy atom. The van der Waals surface area contributed by atoms with E-state index in [9.17, 15) is 9.59 Å². The zero-order chi connectivity index (χ0) is 16.8. The molecule has 122 valence electrons. The second kappa shape index (κ2) is 8.14. The molecule has 0 aliphatic carbocycles. The number of nitrogens with zero attached hydrogens (tertiary/aromatic N) is 2. The molecule has 0 saturated carbocycles. The normalized spacial score (nSPS) is 11.7. The van der Waals surface area contributed by atoms with E-state index in [4.69, 9.17) is 16.7 Å². The molecule has 0 aliphatic heterocycles. The molecule has 3 N–H and O–H groups in total. The molecule has 1 atom stereocenters. The summed E-state index contributed by atoms with van der Waals surface area (Å²) < 4.78 is 0.487. The summed E-state index contributed by atoms with van der Waals surface area (Å²) in [6.07, 6.45) is 0.472. The number of urea groups is 1. The molecule has 0 spiro atoms. The van der Waals surface area contributed by atoms with E-state index in [1.165, 1.54) is 0 Å². The molecule has 2 rings (SSSR count). The highest BCUT2D eigenvalue weighted by atomic mass is 35.5. The highest BCUT2D eigenvalue weighted by Crippen LogP contribution is 2.30. The van der Waals surface area contributed by atoms with Crippen molar-refractivity contribution in [1.29, 1.82) is 0 Å². The Kier molecular flexibility index (Phi) is 6.20. The van der Waals surface area contributed by atoms with Gasteiger partial charge in [0, 0.05) is 10.7 Å². The Bertz CT molecular complexity index is 693. The minimum Gasteiger partial charge on any atom is -0.480 e. The summed E-state index contributed by atoms with van der Waals surface area (Å²) in [5, 5.41) is 22.2. The van der Waals surface area contributed by atoms with Crippen LogP contribution in [0.1, 0.15) is 13.3 Å². The molecule has 1 aromatic heterocycles. The van der Waals surface area contributed by atoms with Gasteiger partial charge in [0.25, 0.3) is 0 Å². The Morgan fingerprint density at radius 2 is 2.00 bits per heavy atom. The molecule has 10 heteroatoms. The molecule has 0 saturated heterocycles. The van der Waals surface area contributed by atoms with Gasteiger partial charge in [0.05, 0.1) is 0 Å². The maximum Gasteiger partial charge on any atom is 0.325 e. The van der Waals surface area contributed by atoms with E-state index in [1.807, 2.05) is 0 Å². The summed E-state index contributed by atoms with van der Waals surface area (Å²) in [7, 11) is 0. The highest BCUT2D eigenvalue weighted by molar-refractivity contribution is 8.02.